The number of oxime groups is 1. The van der Waals surface area contributed by atoms with E-state index in [4.69, 9.17) is 21.0 Å². The van der Waals surface area contributed by atoms with Crippen LogP contribution < -0.4 is 5.32 Å². The van der Waals surface area contributed by atoms with Crippen molar-refractivity contribution < 1.29 is 14.2 Å². The van der Waals surface area contributed by atoms with Gasteiger partial charge in [0.25, 0.3) is 5.91 Å². The molecule has 0 bridgehead atoms. The number of nitrogens with zero attached hydrogens (tertiary/aromatic N) is 2. The van der Waals surface area contributed by atoms with Crippen LogP contribution in [0, 0.1) is 6.92 Å². The molecule has 0 fully saturated rings. The second-order valence-electron chi connectivity index (χ2n) is 5.29. The van der Waals surface area contributed by atoms with Gasteiger partial charge in [0.15, 0.2) is 5.82 Å². The molecule has 0 aliphatic carbocycles. The minimum absolute atomic E-state index is 0.319. The third-order valence-electron chi connectivity index (χ3n) is 3.40. The summed E-state index contributed by atoms with van der Waals surface area (Å²) in [4.78, 5) is 17.7. The molecule has 1 aromatic carbocycles. The number of benzene rings is 1. The summed E-state index contributed by atoms with van der Waals surface area (Å²) in [5, 5.41) is 11.0. The number of hydrogen-bond donors (Lipinski definition) is 1. The maximum atomic E-state index is 12.4. The second-order valence-corrected chi connectivity index (χ2v) is 5.70. The standard InChI is InChI=1S/C15H14ClN3O3/c1-9-7-13(19-21-9)17-14(20)15(2)8-12(18-22-15)10-5-3-4-6-11(10)16/h3-7H,8H2,1-2H3,(H,17,19,20)/t15-/m0/s1. The monoisotopic (exact) mass is 319 g/mol. The predicted octanol–water partition coefficient (Wildman–Crippen LogP) is 3.16. The Labute approximate surface area is 132 Å². The Kier molecular flexibility index (Phi) is 3.62. The Morgan fingerprint density at radius 1 is 1.41 bits per heavy atom. The van der Waals surface area contributed by atoms with Crippen molar-refractivity contribution in [3.05, 3.63) is 46.7 Å². The lowest BCUT2D eigenvalue weighted by atomic mass is 9.95. The highest BCUT2D eigenvalue weighted by Crippen LogP contribution is 2.30. The highest BCUT2D eigenvalue weighted by Gasteiger charge is 2.42. The van der Waals surface area contributed by atoms with E-state index in [0.29, 0.717) is 28.7 Å². The fourth-order valence-electron chi connectivity index (χ4n) is 2.18. The molecule has 2 heterocycles. The zero-order valence-corrected chi connectivity index (χ0v) is 12.8. The van der Waals surface area contributed by atoms with E-state index in [9.17, 15) is 4.79 Å². The summed E-state index contributed by atoms with van der Waals surface area (Å²) in [6.07, 6.45) is 0.319. The van der Waals surface area contributed by atoms with E-state index in [1.807, 2.05) is 18.2 Å². The van der Waals surface area contributed by atoms with Crippen LogP contribution in [-0.2, 0) is 9.63 Å². The van der Waals surface area contributed by atoms with Crippen molar-refractivity contribution in [3.63, 3.8) is 0 Å². The van der Waals surface area contributed by atoms with Gasteiger partial charge in [-0.05, 0) is 19.9 Å². The Morgan fingerprint density at radius 3 is 2.86 bits per heavy atom. The average Bonchev–Trinajstić information content (AvgIpc) is 3.07. The Balaban J connectivity index is 1.74. The van der Waals surface area contributed by atoms with Gasteiger partial charge in [-0.2, -0.15) is 0 Å². The molecular weight excluding hydrogens is 306 g/mol. The van der Waals surface area contributed by atoms with Crippen LogP contribution in [0.5, 0.6) is 0 Å². The number of amides is 1. The first-order valence-corrected chi connectivity index (χ1v) is 7.10. The maximum absolute atomic E-state index is 12.4. The number of anilines is 1. The van der Waals surface area contributed by atoms with Crippen molar-refractivity contribution in [2.75, 3.05) is 5.32 Å². The van der Waals surface area contributed by atoms with Crippen LogP contribution in [0.25, 0.3) is 0 Å². The Bertz CT molecular complexity index is 756. The molecule has 0 unspecified atom stereocenters. The van der Waals surface area contributed by atoms with Crippen molar-refractivity contribution in [1.29, 1.82) is 0 Å². The SMILES string of the molecule is Cc1cc(NC(=O)[C@]2(C)CC(c3ccccc3Cl)=NO2)no1. The molecule has 7 heteroatoms. The van der Waals surface area contributed by atoms with Crippen molar-refractivity contribution in [3.8, 4) is 0 Å². The molecule has 0 spiro atoms. The van der Waals surface area contributed by atoms with Crippen molar-refractivity contribution in [2.45, 2.75) is 25.9 Å². The lowest BCUT2D eigenvalue weighted by Crippen LogP contribution is -2.40. The van der Waals surface area contributed by atoms with Crippen LogP contribution in [0.3, 0.4) is 0 Å². The van der Waals surface area contributed by atoms with E-state index >= 15 is 0 Å². The Morgan fingerprint density at radius 2 is 2.18 bits per heavy atom. The molecule has 2 aromatic rings. The van der Waals surface area contributed by atoms with Crippen LogP contribution in [0.1, 0.15) is 24.7 Å². The van der Waals surface area contributed by atoms with Crippen LogP contribution in [0.2, 0.25) is 5.02 Å². The molecule has 1 atom stereocenters. The van der Waals surface area contributed by atoms with E-state index in [2.05, 4.69) is 15.6 Å². The third-order valence-corrected chi connectivity index (χ3v) is 3.73. The van der Waals surface area contributed by atoms with Gasteiger partial charge < -0.3 is 14.7 Å². The van der Waals surface area contributed by atoms with Crippen molar-refractivity contribution in [2.24, 2.45) is 5.16 Å². The summed E-state index contributed by atoms with van der Waals surface area (Å²) in [6.45, 7) is 3.41. The number of carbonyl (C=O) groups is 1. The summed E-state index contributed by atoms with van der Waals surface area (Å²) in [6, 6.07) is 8.94. The number of nitrogens with one attached hydrogen (secondary N) is 1. The van der Waals surface area contributed by atoms with Crippen molar-refractivity contribution >= 4 is 29.0 Å². The highest BCUT2D eigenvalue weighted by molar-refractivity contribution is 6.34. The number of hydrogen-bond acceptors (Lipinski definition) is 5. The minimum Gasteiger partial charge on any atom is -0.379 e. The van der Waals surface area contributed by atoms with E-state index < -0.39 is 5.60 Å². The molecule has 1 aliphatic rings. The van der Waals surface area contributed by atoms with E-state index in [0.717, 1.165) is 5.56 Å². The molecule has 0 saturated carbocycles. The summed E-state index contributed by atoms with van der Waals surface area (Å²) in [5.41, 5.74) is 0.291. The van der Waals surface area contributed by atoms with Gasteiger partial charge in [-0.15, -0.1) is 0 Å². The molecule has 1 aliphatic heterocycles. The van der Waals surface area contributed by atoms with Gasteiger partial charge in [0.2, 0.25) is 5.60 Å². The lowest BCUT2D eigenvalue weighted by molar-refractivity contribution is -0.136. The molecule has 22 heavy (non-hydrogen) atoms. The van der Waals surface area contributed by atoms with Crippen LogP contribution in [0.15, 0.2) is 40.0 Å². The second kappa shape index (κ2) is 5.46. The lowest BCUT2D eigenvalue weighted by Gasteiger charge is -2.19. The fourth-order valence-corrected chi connectivity index (χ4v) is 2.42. The van der Waals surface area contributed by atoms with Gasteiger partial charge in [0, 0.05) is 23.1 Å². The summed E-state index contributed by atoms with van der Waals surface area (Å²) in [5.74, 6) is 0.617. The molecule has 3 rings (SSSR count). The van der Waals surface area contributed by atoms with E-state index in [1.165, 1.54) is 0 Å². The largest absolute Gasteiger partial charge is 0.379 e. The average molecular weight is 320 g/mol. The van der Waals surface area contributed by atoms with Gasteiger partial charge in [-0.1, -0.05) is 40.1 Å². The van der Waals surface area contributed by atoms with Gasteiger partial charge >= 0.3 is 0 Å². The van der Waals surface area contributed by atoms with Gasteiger partial charge in [-0.25, -0.2) is 0 Å². The number of aromatic nitrogens is 1. The maximum Gasteiger partial charge on any atom is 0.272 e. The van der Waals surface area contributed by atoms with Crippen LogP contribution >= 0.6 is 11.6 Å². The number of halogens is 1. The minimum atomic E-state index is -1.11. The Hall–Kier alpha value is -2.34. The third kappa shape index (κ3) is 2.69. The molecule has 114 valence electrons. The van der Waals surface area contributed by atoms with Gasteiger partial charge in [-0.3, -0.25) is 4.79 Å². The number of carbonyl (C=O) groups excluding carboxylic acids is 1. The topological polar surface area (TPSA) is 76.7 Å². The smallest absolute Gasteiger partial charge is 0.272 e. The fraction of sp³-hybridized carbons (Fsp3) is 0.267. The first kappa shape index (κ1) is 14.6. The molecule has 0 saturated heterocycles. The molecule has 0 radical (unpaired) electrons. The first-order valence-electron chi connectivity index (χ1n) is 6.73. The van der Waals surface area contributed by atoms with Crippen LogP contribution in [-0.4, -0.2) is 22.4 Å². The first-order chi connectivity index (χ1) is 10.5. The molecule has 1 N–H and O–H groups in total. The predicted molar refractivity (Wildman–Crippen MR) is 82.0 cm³/mol. The van der Waals surface area contributed by atoms with Crippen LogP contribution in [0.4, 0.5) is 5.82 Å². The van der Waals surface area contributed by atoms with Gasteiger partial charge in [0.1, 0.15) is 5.76 Å². The molecule has 6 nitrogen and oxygen atoms in total. The quantitative estimate of drug-likeness (QED) is 0.942. The van der Waals surface area contributed by atoms with Crippen molar-refractivity contribution in [1.82, 2.24) is 5.16 Å². The summed E-state index contributed by atoms with van der Waals surface area (Å²) >= 11 is 6.15. The highest BCUT2D eigenvalue weighted by atomic mass is 35.5. The number of rotatable bonds is 3. The van der Waals surface area contributed by atoms with E-state index in [-0.39, 0.29) is 5.91 Å². The summed E-state index contributed by atoms with van der Waals surface area (Å²) < 4.78 is 4.92. The zero-order chi connectivity index (χ0) is 15.7. The molecule has 1 aromatic heterocycles. The number of aryl methyl sites for hydroxylation is 1. The molecule has 1 amide bonds. The van der Waals surface area contributed by atoms with Gasteiger partial charge in [0.05, 0.1) is 5.71 Å². The molecular formula is C15H14ClN3O3. The normalized spacial score (nSPS) is 20.4. The van der Waals surface area contributed by atoms with E-state index in [1.54, 1.807) is 26.0 Å². The zero-order valence-electron chi connectivity index (χ0n) is 12.1. The summed E-state index contributed by atoms with van der Waals surface area (Å²) in [7, 11) is 0.